The van der Waals surface area contributed by atoms with Gasteiger partial charge in [0.1, 0.15) is 22.8 Å². The molecule has 0 fully saturated rings. The molecule has 2 aromatic carbocycles. The number of fused-ring (bicyclic) bond motifs is 1. The van der Waals surface area contributed by atoms with Gasteiger partial charge in [-0.1, -0.05) is 18.2 Å². The summed E-state index contributed by atoms with van der Waals surface area (Å²) in [6.45, 7) is 4.43. The molecule has 1 atom stereocenters. The zero-order valence-electron chi connectivity index (χ0n) is 15.5. The second kappa shape index (κ2) is 7.67. The van der Waals surface area contributed by atoms with Gasteiger partial charge in [0.25, 0.3) is 5.91 Å². The van der Waals surface area contributed by atoms with Crippen molar-refractivity contribution in [3.05, 3.63) is 42.0 Å². The Bertz CT molecular complexity index is 981. The van der Waals surface area contributed by atoms with Crippen molar-refractivity contribution in [2.24, 2.45) is 5.73 Å². The first-order valence-electron chi connectivity index (χ1n) is 8.91. The van der Waals surface area contributed by atoms with E-state index < -0.39 is 5.91 Å². The Morgan fingerprint density at radius 1 is 1.26 bits per heavy atom. The fourth-order valence-corrected chi connectivity index (χ4v) is 3.17. The number of carbonyl (C=O) groups excluding carboxylic acids is 1. The summed E-state index contributed by atoms with van der Waals surface area (Å²) >= 11 is 0. The fourth-order valence-electron chi connectivity index (χ4n) is 3.17. The second-order valence-electron chi connectivity index (χ2n) is 6.44. The van der Waals surface area contributed by atoms with Crippen molar-refractivity contribution in [1.82, 2.24) is 9.78 Å². The number of hydrogen-bond donors (Lipinski definition) is 3. The lowest BCUT2D eigenvalue weighted by Crippen LogP contribution is -2.16. The van der Waals surface area contributed by atoms with Gasteiger partial charge in [0, 0.05) is 12.2 Å². The third kappa shape index (κ3) is 3.59. The molecule has 27 heavy (non-hydrogen) atoms. The number of carbonyl (C=O) groups is 1. The highest BCUT2D eigenvalue weighted by atomic mass is 16.5. The molecule has 5 N–H and O–H groups in total. The summed E-state index contributed by atoms with van der Waals surface area (Å²) in [5.74, 6) is 0.393. The lowest BCUT2D eigenvalue weighted by Gasteiger charge is -2.12. The van der Waals surface area contributed by atoms with Gasteiger partial charge in [-0.3, -0.25) is 4.79 Å². The number of nitrogens with zero attached hydrogens (tertiary/aromatic N) is 2. The first kappa shape index (κ1) is 18.7. The third-order valence-electron chi connectivity index (χ3n) is 4.55. The summed E-state index contributed by atoms with van der Waals surface area (Å²) in [6.07, 6.45) is 0.474. The number of primary amides is 1. The Labute approximate surface area is 157 Å². The molecule has 0 saturated heterocycles. The number of rotatable bonds is 7. The maximum Gasteiger partial charge on any atom is 0.254 e. The van der Waals surface area contributed by atoms with E-state index in [0.717, 1.165) is 22.1 Å². The van der Waals surface area contributed by atoms with Crippen LogP contribution in [0.2, 0.25) is 0 Å². The molecule has 0 aliphatic carbocycles. The van der Waals surface area contributed by atoms with E-state index in [1.807, 2.05) is 50.2 Å². The van der Waals surface area contributed by atoms with Crippen molar-refractivity contribution in [2.75, 3.05) is 18.9 Å². The Morgan fingerprint density at radius 2 is 1.96 bits per heavy atom. The first-order valence-corrected chi connectivity index (χ1v) is 8.91. The molecular weight excluding hydrogens is 344 g/mol. The van der Waals surface area contributed by atoms with Crippen LogP contribution >= 0.6 is 0 Å². The van der Waals surface area contributed by atoms with Crippen LogP contribution in [-0.2, 0) is 0 Å². The van der Waals surface area contributed by atoms with Crippen LogP contribution in [0.15, 0.2) is 36.4 Å². The quantitative estimate of drug-likeness (QED) is 0.593. The normalized spacial score (nSPS) is 12.3. The molecule has 3 rings (SSSR count). The number of benzene rings is 2. The Hall–Kier alpha value is -3.06. The van der Waals surface area contributed by atoms with Crippen LogP contribution < -0.4 is 16.2 Å². The van der Waals surface area contributed by atoms with E-state index in [-0.39, 0.29) is 24.0 Å². The maximum atomic E-state index is 12.0. The lowest BCUT2D eigenvalue weighted by atomic mass is 10.0. The van der Waals surface area contributed by atoms with Crippen LogP contribution in [0.3, 0.4) is 0 Å². The smallest absolute Gasteiger partial charge is 0.254 e. The van der Waals surface area contributed by atoms with E-state index in [0.29, 0.717) is 18.7 Å². The molecule has 7 nitrogen and oxygen atoms in total. The molecule has 7 heteroatoms. The predicted octanol–water partition coefficient (Wildman–Crippen LogP) is 2.73. The van der Waals surface area contributed by atoms with Gasteiger partial charge in [-0.2, -0.15) is 5.10 Å². The van der Waals surface area contributed by atoms with E-state index in [4.69, 9.17) is 16.2 Å². The van der Waals surface area contributed by atoms with E-state index >= 15 is 0 Å². The highest BCUT2D eigenvalue weighted by molar-refractivity contribution is 6.04. The number of hydrogen-bond acceptors (Lipinski definition) is 5. The topological polar surface area (TPSA) is 116 Å². The summed E-state index contributed by atoms with van der Waals surface area (Å²) in [5, 5.41) is 15.7. The van der Waals surface area contributed by atoms with Crippen LogP contribution in [-0.4, -0.2) is 34.0 Å². The summed E-state index contributed by atoms with van der Waals surface area (Å²) in [6, 6.07) is 11.4. The minimum absolute atomic E-state index is 0.000155. The monoisotopic (exact) mass is 368 g/mol. The molecule has 0 aliphatic heterocycles. The number of aliphatic hydroxyl groups is 1. The molecule has 3 aromatic rings. The van der Waals surface area contributed by atoms with Gasteiger partial charge in [-0.05, 0) is 49.2 Å². The lowest BCUT2D eigenvalue weighted by molar-refractivity contribution is 0.100. The van der Waals surface area contributed by atoms with Crippen molar-refractivity contribution in [2.45, 2.75) is 26.3 Å². The van der Waals surface area contributed by atoms with Crippen LogP contribution in [0.5, 0.6) is 5.75 Å². The average molecular weight is 368 g/mol. The standard InChI is InChI=1S/C20H24N4O3/c1-3-27-16-7-6-13-10-15(5-4-14(13)11-16)18-17(20(22)26)19(21)24(23-18)12(2)8-9-25/h4-7,10-12,25H,3,8-9,21H2,1-2H3,(H2,22,26). The van der Waals surface area contributed by atoms with Crippen LogP contribution in [0.1, 0.15) is 36.7 Å². The molecule has 0 saturated carbocycles. The van der Waals surface area contributed by atoms with Gasteiger partial charge >= 0.3 is 0 Å². The zero-order valence-corrected chi connectivity index (χ0v) is 15.5. The summed E-state index contributed by atoms with van der Waals surface area (Å²) in [5.41, 5.74) is 13.1. The number of aliphatic hydroxyl groups excluding tert-OH is 1. The molecule has 0 radical (unpaired) electrons. The molecule has 0 spiro atoms. The summed E-state index contributed by atoms with van der Waals surface area (Å²) < 4.78 is 7.08. The Kier molecular flexibility index (Phi) is 5.32. The first-order chi connectivity index (χ1) is 13.0. The number of anilines is 1. The number of ether oxygens (including phenoxy) is 1. The average Bonchev–Trinajstić information content (AvgIpc) is 2.99. The highest BCUT2D eigenvalue weighted by Gasteiger charge is 2.23. The second-order valence-corrected chi connectivity index (χ2v) is 6.44. The number of aromatic nitrogens is 2. The van der Waals surface area contributed by atoms with Crippen LogP contribution in [0, 0.1) is 0 Å². The van der Waals surface area contributed by atoms with Gasteiger partial charge in [0.15, 0.2) is 0 Å². The number of nitrogens with two attached hydrogens (primary N) is 2. The molecule has 0 bridgehead atoms. The van der Waals surface area contributed by atoms with Gasteiger partial charge in [0.05, 0.1) is 12.6 Å². The molecule has 1 unspecified atom stereocenters. The van der Waals surface area contributed by atoms with Crippen molar-refractivity contribution >= 4 is 22.5 Å². The van der Waals surface area contributed by atoms with Gasteiger partial charge in [-0.15, -0.1) is 0 Å². The van der Waals surface area contributed by atoms with Crippen molar-refractivity contribution < 1.29 is 14.6 Å². The SMILES string of the molecule is CCOc1ccc2cc(-c3nn(C(C)CCO)c(N)c3C(N)=O)ccc2c1. The van der Waals surface area contributed by atoms with Crippen molar-refractivity contribution in [3.8, 4) is 17.0 Å². The van der Waals surface area contributed by atoms with E-state index in [9.17, 15) is 9.90 Å². The van der Waals surface area contributed by atoms with Crippen LogP contribution in [0.25, 0.3) is 22.0 Å². The fraction of sp³-hybridized carbons (Fsp3) is 0.300. The molecule has 1 aromatic heterocycles. The molecule has 1 amide bonds. The van der Waals surface area contributed by atoms with E-state index in [2.05, 4.69) is 5.10 Å². The van der Waals surface area contributed by atoms with E-state index in [1.54, 1.807) is 4.68 Å². The largest absolute Gasteiger partial charge is 0.494 e. The molecule has 142 valence electrons. The van der Waals surface area contributed by atoms with E-state index in [1.165, 1.54) is 0 Å². The third-order valence-corrected chi connectivity index (χ3v) is 4.55. The minimum atomic E-state index is -0.628. The van der Waals surface area contributed by atoms with Gasteiger partial charge < -0.3 is 21.3 Å². The predicted molar refractivity (Wildman–Crippen MR) is 106 cm³/mol. The molecule has 0 aliphatic rings. The van der Waals surface area contributed by atoms with Crippen LogP contribution in [0.4, 0.5) is 5.82 Å². The molecular formula is C20H24N4O3. The van der Waals surface area contributed by atoms with Gasteiger partial charge in [0.2, 0.25) is 0 Å². The van der Waals surface area contributed by atoms with Crippen molar-refractivity contribution in [3.63, 3.8) is 0 Å². The van der Waals surface area contributed by atoms with Gasteiger partial charge in [-0.25, -0.2) is 4.68 Å². The Balaban J connectivity index is 2.10. The summed E-state index contributed by atoms with van der Waals surface area (Å²) in [7, 11) is 0. The Morgan fingerprint density at radius 3 is 2.63 bits per heavy atom. The summed E-state index contributed by atoms with van der Waals surface area (Å²) in [4.78, 5) is 12.0. The molecule has 1 heterocycles. The van der Waals surface area contributed by atoms with Crippen molar-refractivity contribution in [1.29, 1.82) is 0 Å². The highest BCUT2D eigenvalue weighted by Crippen LogP contribution is 2.32. The zero-order chi connectivity index (χ0) is 19.6. The number of nitrogen functional groups attached to an aromatic ring is 1. The number of amides is 1. The minimum Gasteiger partial charge on any atom is -0.494 e. The maximum absolute atomic E-state index is 12.0.